The molecule has 2 amide bonds. The molecule has 1 aromatic carbocycles. The minimum Gasteiger partial charge on any atom is -0.317 e. The lowest BCUT2D eigenvalue weighted by Gasteiger charge is -2.29. The zero-order valence-corrected chi connectivity index (χ0v) is 12.9. The molecule has 0 saturated carbocycles. The molecule has 4 heteroatoms. The summed E-state index contributed by atoms with van der Waals surface area (Å²) in [7, 11) is 0. The Balaban J connectivity index is 2.25. The topological polar surface area (TPSA) is 44.4 Å². The van der Waals surface area contributed by atoms with Crippen LogP contribution in [-0.4, -0.2) is 11.7 Å². The van der Waals surface area contributed by atoms with Crippen LogP contribution in [0.4, 0.5) is 10.5 Å². The Morgan fingerprint density at radius 1 is 1.10 bits per heavy atom. The van der Waals surface area contributed by atoms with Gasteiger partial charge in [-0.2, -0.15) is 0 Å². The third-order valence-corrected chi connectivity index (χ3v) is 3.98. The van der Waals surface area contributed by atoms with Crippen molar-refractivity contribution in [2.45, 2.75) is 59.0 Å². The molecule has 1 aromatic rings. The SMILES string of the molecule is CCCC1(CCC)NC(=O)N(c2ccc(C)c(C)c2)N1. The van der Waals surface area contributed by atoms with Crippen molar-refractivity contribution < 1.29 is 4.79 Å². The van der Waals surface area contributed by atoms with Crippen LogP contribution in [0.25, 0.3) is 0 Å². The maximum absolute atomic E-state index is 12.3. The molecule has 2 N–H and O–H groups in total. The van der Waals surface area contributed by atoms with E-state index in [4.69, 9.17) is 0 Å². The Hall–Kier alpha value is -1.55. The van der Waals surface area contributed by atoms with E-state index >= 15 is 0 Å². The van der Waals surface area contributed by atoms with Crippen molar-refractivity contribution in [2.75, 3.05) is 5.01 Å². The quantitative estimate of drug-likeness (QED) is 0.861. The first-order chi connectivity index (χ1) is 9.51. The van der Waals surface area contributed by atoms with Crippen molar-refractivity contribution in [1.29, 1.82) is 0 Å². The molecule has 0 atom stereocenters. The molecule has 0 radical (unpaired) electrons. The number of nitrogens with zero attached hydrogens (tertiary/aromatic N) is 1. The number of amides is 2. The summed E-state index contributed by atoms with van der Waals surface area (Å²) in [5, 5.41) is 4.78. The lowest BCUT2D eigenvalue weighted by molar-refractivity contribution is 0.240. The van der Waals surface area contributed by atoms with Crippen LogP contribution in [0.15, 0.2) is 18.2 Å². The highest BCUT2D eigenvalue weighted by Gasteiger charge is 2.41. The van der Waals surface area contributed by atoms with Crippen LogP contribution in [0, 0.1) is 13.8 Å². The van der Waals surface area contributed by atoms with Crippen LogP contribution in [-0.2, 0) is 0 Å². The maximum atomic E-state index is 12.3. The number of carbonyl (C=O) groups excluding carboxylic acids is 1. The molecule has 1 aliphatic heterocycles. The largest absolute Gasteiger partial charge is 0.338 e. The van der Waals surface area contributed by atoms with Crippen molar-refractivity contribution >= 4 is 11.7 Å². The molecule has 0 spiro atoms. The first kappa shape index (κ1) is 14.9. The van der Waals surface area contributed by atoms with Crippen molar-refractivity contribution in [3.05, 3.63) is 29.3 Å². The highest BCUT2D eigenvalue weighted by Crippen LogP contribution is 2.26. The molecule has 0 bridgehead atoms. The van der Waals surface area contributed by atoms with Gasteiger partial charge in [-0.15, -0.1) is 0 Å². The van der Waals surface area contributed by atoms with Crippen LogP contribution in [0.3, 0.4) is 0 Å². The highest BCUT2D eigenvalue weighted by atomic mass is 16.2. The highest BCUT2D eigenvalue weighted by molar-refractivity contribution is 5.93. The summed E-state index contributed by atoms with van der Waals surface area (Å²) in [5.41, 5.74) is 6.43. The Morgan fingerprint density at radius 3 is 2.30 bits per heavy atom. The number of hydrogen-bond donors (Lipinski definition) is 2. The minimum absolute atomic E-state index is 0.0600. The summed E-state index contributed by atoms with van der Waals surface area (Å²) >= 11 is 0. The molecule has 0 aliphatic carbocycles. The predicted molar refractivity (Wildman–Crippen MR) is 82.6 cm³/mol. The van der Waals surface area contributed by atoms with Gasteiger partial charge in [-0.05, 0) is 49.9 Å². The van der Waals surface area contributed by atoms with E-state index in [1.54, 1.807) is 5.01 Å². The molecule has 1 saturated heterocycles. The zero-order chi connectivity index (χ0) is 14.8. The van der Waals surface area contributed by atoms with E-state index < -0.39 is 0 Å². The number of carbonyl (C=O) groups is 1. The van der Waals surface area contributed by atoms with Gasteiger partial charge in [0, 0.05) is 0 Å². The van der Waals surface area contributed by atoms with E-state index in [0.717, 1.165) is 31.4 Å². The molecule has 0 unspecified atom stereocenters. The van der Waals surface area contributed by atoms with Gasteiger partial charge in [0.25, 0.3) is 0 Å². The van der Waals surface area contributed by atoms with Gasteiger partial charge in [-0.1, -0.05) is 32.8 Å². The van der Waals surface area contributed by atoms with Crippen LogP contribution in [0.5, 0.6) is 0 Å². The van der Waals surface area contributed by atoms with Gasteiger partial charge in [0.15, 0.2) is 0 Å². The third kappa shape index (κ3) is 2.80. The van der Waals surface area contributed by atoms with Crippen molar-refractivity contribution in [3.8, 4) is 0 Å². The second-order valence-corrected chi connectivity index (χ2v) is 5.73. The van der Waals surface area contributed by atoms with Gasteiger partial charge in [-0.3, -0.25) is 0 Å². The molecule has 1 aliphatic rings. The summed E-state index contributed by atoms with van der Waals surface area (Å²) in [6.07, 6.45) is 3.95. The van der Waals surface area contributed by atoms with E-state index in [1.165, 1.54) is 11.1 Å². The van der Waals surface area contributed by atoms with E-state index in [0.29, 0.717) is 0 Å². The van der Waals surface area contributed by atoms with Crippen LogP contribution < -0.4 is 15.8 Å². The number of urea groups is 1. The van der Waals surface area contributed by atoms with Gasteiger partial charge in [0.05, 0.1) is 5.69 Å². The molecular formula is C16H25N3O. The molecule has 1 fully saturated rings. The average molecular weight is 275 g/mol. The molecule has 1 heterocycles. The van der Waals surface area contributed by atoms with E-state index in [9.17, 15) is 4.79 Å². The van der Waals surface area contributed by atoms with E-state index in [2.05, 4.69) is 50.6 Å². The van der Waals surface area contributed by atoms with Gasteiger partial charge >= 0.3 is 6.03 Å². The Kier molecular flexibility index (Phi) is 4.33. The monoisotopic (exact) mass is 275 g/mol. The first-order valence-electron chi connectivity index (χ1n) is 7.48. The minimum atomic E-state index is -0.292. The number of benzene rings is 1. The Morgan fingerprint density at radius 2 is 1.75 bits per heavy atom. The summed E-state index contributed by atoms with van der Waals surface area (Å²) in [5.74, 6) is 0. The predicted octanol–water partition coefficient (Wildman–Crippen LogP) is 3.63. The summed E-state index contributed by atoms with van der Waals surface area (Å²) in [6.45, 7) is 8.43. The number of nitrogens with one attached hydrogen (secondary N) is 2. The standard InChI is InChI=1S/C16H25N3O/c1-5-9-16(10-6-2)17-15(20)19(18-16)14-8-7-12(3)13(4)11-14/h7-8,11,18H,5-6,9-10H2,1-4H3,(H,17,20). The number of anilines is 1. The Labute approximate surface area is 121 Å². The van der Waals surface area contributed by atoms with E-state index in [1.807, 2.05) is 6.07 Å². The zero-order valence-electron chi connectivity index (χ0n) is 12.9. The molecule has 110 valence electrons. The van der Waals surface area contributed by atoms with Crippen molar-refractivity contribution in [1.82, 2.24) is 10.7 Å². The molecule has 0 aromatic heterocycles. The second kappa shape index (κ2) is 5.83. The molecular weight excluding hydrogens is 250 g/mol. The fourth-order valence-corrected chi connectivity index (χ4v) is 2.82. The fourth-order valence-electron chi connectivity index (χ4n) is 2.82. The summed E-state index contributed by atoms with van der Waals surface area (Å²) < 4.78 is 0. The summed E-state index contributed by atoms with van der Waals surface area (Å²) in [4.78, 5) is 12.3. The lowest BCUT2D eigenvalue weighted by Crippen LogP contribution is -2.51. The van der Waals surface area contributed by atoms with Crippen molar-refractivity contribution in [2.24, 2.45) is 0 Å². The smallest absolute Gasteiger partial charge is 0.317 e. The molecule has 20 heavy (non-hydrogen) atoms. The van der Waals surface area contributed by atoms with Crippen molar-refractivity contribution in [3.63, 3.8) is 0 Å². The van der Waals surface area contributed by atoms with Gasteiger partial charge < -0.3 is 5.32 Å². The fraction of sp³-hybridized carbons (Fsp3) is 0.562. The number of hydrazine groups is 1. The number of rotatable bonds is 5. The van der Waals surface area contributed by atoms with Crippen LogP contribution in [0.1, 0.15) is 50.7 Å². The first-order valence-corrected chi connectivity index (χ1v) is 7.48. The molecule has 4 nitrogen and oxygen atoms in total. The maximum Gasteiger partial charge on any atom is 0.338 e. The normalized spacial score (nSPS) is 17.4. The molecule has 2 rings (SSSR count). The number of aryl methyl sites for hydroxylation is 2. The average Bonchev–Trinajstić information content (AvgIpc) is 2.71. The van der Waals surface area contributed by atoms with Crippen LogP contribution in [0.2, 0.25) is 0 Å². The second-order valence-electron chi connectivity index (χ2n) is 5.73. The van der Waals surface area contributed by atoms with Gasteiger partial charge in [-0.25, -0.2) is 15.2 Å². The Bertz CT molecular complexity index is 492. The number of hydrogen-bond acceptors (Lipinski definition) is 2. The lowest BCUT2D eigenvalue weighted by atomic mass is 10.00. The van der Waals surface area contributed by atoms with Gasteiger partial charge in [0.1, 0.15) is 5.66 Å². The summed E-state index contributed by atoms with van der Waals surface area (Å²) in [6, 6.07) is 6.04. The van der Waals surface area contributed by atoms with E-state index in [-0.39, 0.29) is 11.7 Å². The van der Waals surface area contributed by atoms with Crippen LogP contribution >= 0.6 is 0 Å². The third-order valence-electron chi connectivity index (χ3n) is 3.98. The van der Waals surface area contributed by atoms with Gasteiger partial charge in [0.2, 0.25) is 0 Å².